The predicted molar refractivity (Wildman–Crippen MR) is 85.3 cm³/mol. The second kappa shape index (κ2) is 6.15. The zero-order valence-electron chi connectivity index (χ0n) is 12.8. The minimum Gasteiger partial charge on any atom is -0.368 e. The van der Waals surface area contributed by atoms with Crippen molar-refractivity contribution in [3.63, 3.8) is 0 Å². The third kappa shape index (κ3) is 2.70. The molecule has 0 aromatic heterocycles. The third-order valence-corrected chi connectivity index (χ3v) is 5.01. The molecule has 3 nitrogen and oxygen atoms in total. The number of para-hydroxylation sites is 1. The Balaban J connectivity index is 1.79. The van der Waals surface area contributed by atoms with Crippen molar-refractivity contribution in [2.75, 3.05) is 38.1 Å². The minimum absolute atomic E-state index is 0.413. The second-order valence-electron chi connectivity index (χ2n) is 6.20. The van der Waals surface area contributed by atoms with Crippen LogP contribution < -0.4 is 10.2 Å². The van der Waals surface area contributed by atoms with Crippen LogP contribution >= 0.6 is 0 Å². The van der Waals surface area contributed by atoms with E-state index in [4.69, 9.17) is 0 Å². The lowest BCUT2D eigenvalue weighted by molar-refractivity contribution is 0.133. The molecule has 20 heavy (non-hydrogen) atoms. The van der Waals surface area contributed by atoms with Crippen LogP contribution in [-0.4, -0.2) is 44.2 Å². The van der Waals surface area contributed by atoms with Crippen LogP contribution in [0.5, 0.6) is 0 Å². The van der Waals surface area contributed by atoms with Crippen molar-refractivity contribution in [3.05, 3.63) is 29.8 Å². The Morgan fingerprint density at radius 1 is 1.15 bits per heavy atom. The zero-order chi connectivity index (χ0) is 13.9. The number of piperazine rings is 1. The van der Waals surface area contributed by atoms with Gasteiger partial charge in [0.05, 0.1) is 0 Å². The molecule has 1 N–H and O–H groups in total. The van der Waals surface area contributed by atoms with Gasteiger partial charge in [-0.3, -0.25) is 4.90 Å². The van der Waals surface area contributed by atoms with Crippen LogP contribution in [0.25, 0.3) is 0 Å². The Hall–Kier alpha value is -1.06. The van der Waals surface area contributed by atoms with Crippen LogP contribution in [0.1, 0.15) is 37.8 Å². The summed E-state index contributed by atoms with van der Waals surface area (Å²) in [4.78, 5) is 5.31. The summed E-state index contributed by atoms with van der Waals surface area (Å²) >= 11 is 0. The first-order valence-corrected chi connectivity index (χ1v) is 8.05. The van der Waals surface area contributed by atoms with Crippen molar-refractivity contribution < 1.29 is 0 Å². The summed E-state index contributed by atoms with van der Waals surface area (Å²) < 4.78 is 0. The first kappa shape index (κ1) is 13.9. The molecule has 0 aliphatic carbocycles. The fourth-order valence-corrected chi connectivity index (χ4v) is 3.67. The molecular weight excluding hydrogens is 246 g/mol. The summed E-state index contributed by atoms with van der Waals surface area (Å²) in [5.41, 5.74) is 2.86. The van der Waals surface area contributed by atoms with E-state index >= 15 is 0 Å². The summed E-state index contributed by atoms with van der Waals surface area (Å²) in [5.74, 6) is 0. The summed E-state index contributed by atoms with van der Waals surface area (Å²) in [6.45, 7) is 7.16. The number of hydrogen-bond acceptors (Lipinski definition) is 3. The van der Waals surface area contributed by atoms with Gasteiger partial charge in [0.2, 0.25) is 0 Å². The highest BCUT2D eigenvalue weighted by molar-refractivity contribution is 5.55. The molecular formula is C17H27N3. The van der Waals surface area contributed by atoms with Crippen molar-refractivity contribution in [2.45, 2.75) is 38.3 Å². The minimum atomic E-state index is 0.413. The Morgan fingerprint density at radius 3 is 2.85 bits per heavy atom. The maximum Gasteiger partial charge on any atom is 0.0415 e. The summed E-state index contributed by atoms with van der Waals surface area (Å²) in [6, 6.07) is 10.1. The molecule has 0 bridgehead atoms. The fourth-order valence-electron chi connectivity index (χ4n) is 3.67. The summed E-state index contributed by atoms with van der Waals surface area (Å²) in [6.07, 6.45) is 4.17. The van der Waals surface area contributed by atoms with E-state index in [0.29, 0.717) is 6.04 Å². The fraction of sp³-hybridized carbons (Fsp3) is 0.647. The zero-order valence-corrected chi connectivity index (χ0v) is 12.8. The third-order valence-electron chi connectivity index (χ3n) is 5.01. The van der Waals surface area contributed by atoms with E-state index in [9.17, 15) is 0 Å². The van der Waals surface area contributed by atoms with Gasteiger partial charge in [0.25, 0.3) is 0 Å². The Labute approximate surface area is 123 Å². The molecule has 2 aliphatic heterocycles. The van der Waals surface area contributed by atoms with Gasteiger partial charge in [-0.1, -0.05) is 24.6 Å². The molecule has 2 heterocycles. The van der Waals surface area contributed by atoms with Crippen LogP contribution in [0.2, 0.25) is 0 Å². The lowest BCUT2D eigenvalue weighted by Gasteiger charge is -2.45. The van der Waals surface area contributed by atoms with Crippen LogP contribution in [0.15, 0.2) is 24.3 Å². The van der Waals surface area contributed by atoms with Crippen molar-refractivity contribution >= 4 is 5.69 Å². The van der Waals surface area contributed by atoms with E-state index in [-0.39, 0.29) is 0 Å². The van der Waals surface area contributed by atoms with Crippen LogP contribution in [0.3, 0.4) is 0 Å². The van der Waals surface area contributed by atoms with Crippen molar-refractivity contribution in [1.29, 1.82) is 0 Å². The number of nitrogens with one attached hydrogen (secondary N) is 1. The van der Waals surface area contributed by atoms with Gasteiger partial charge in [-0.15, -0.1) is 0 Å². The molecule has 0 radical (unpaired) electrons. The number of rotatable bonds is 3. The van der Waals surface area contributed by atoms with Gasteiger partial charge in [0.1, 0.15) is 0 Å². The van der Waals surface area contributed by atoms with Gasteiger partial charge >= 0.3 is 0 Å². The lowest BCUT2D eigenvalue weighted by atomic mass is 9.98. The highest BCUT2D eigenvalue weighted by Crippen LogP contribution is 2.30. The van der Waals surface area contributed by atoms with Gasteiger partial charge in [0, 0.05) is 37.4 Å². The van der Waals surface area contributed by atoms with Gasteiger partial charge in [0.15, 0.2) is 0 Å². The van der Waals surface area contributed by atoms with Crippen LogP contribution in [0.4, 0.5) is 5.69 Å². The normalized spacial score (nSPS) is 25.3. The number of benzene rings is 1. The highest BCUT2D eigenvalue weighted by atomic mass is 15.3. The number of nitrogens with zero attached hydrogens (tertiary/aromatic N) is 2. The SMILES string of the molecule is CNC(C)c1ccccc1N1CCN2CCCCC2C1. The predicted octanol–water partition coefficient (Wildman–Crippen LogP) is 2.64. The molecule has 3 rings (SSSR count). The molecule has 3 heteroatoms. The van der Waals surface area contributed by atoms with E-state index < -0.39 is 0 Å². The molecule has 1 aromatic rings. The monoisotopic (exact) mass is 273 g/mol. The quantitative estimate of drug-likeness (QED) is 0.913. The van der Waals surface area contributed by atoms with Crippen LogP contribution in [0, 0.1) is 0 Å². The Bertz CT molecular complexity index is 446. The lowest BCUT2D eigenvalue weighted by Crippen LogP contribution is -2.55. The number of anilines is 1. The second-order valence-corrected chi connectivity index (χ2v) is 6.20. The maximum absolute atomic E-state index is 3.38. The van der Waals surface area contributed by atoms with Crippen LogP contribution in [-0.2, 0) is 0 Å². The maximum atomic E-state index is 3.38. The smallest absolute Gasteiger partial charge is 0.0415 e. The molecule has 2 fully saturated rings. The average molecular weight is 273 g/mol. The number of fused-ring (bicyclic) bond motifs is 1. The largest absolute Gasteiger partial charge is 0.368 e. The first-order valence-electron chi connectivity index (χ1n) is 8.05. The van der Waals surface area contributed by atoms with Crippen molar-refractivity contribution in [3.8, 4) is 0 Å². The molecule has 2 atom stereocenters. The Kier molecular flexibility index (Phi) is 4.27. The first-order chi connectivity index (χ1) is 9.79. The van der Waals surface area contributed by atoms with Gasteiger partial charge in [-0.25, -0.2) is 0 Å². The van der Waals surface area contributed by atoms with Gasteiger partial charge in [-0.05, 0) is 45.0 Å². The molecule has 0 spiro atoms. The van der Waals surface area contributed by atoms with E-state index in [0.717, 1.165) is 6.04 Å². The van der Waals surface area contributed by atoms with E-state index in [1.54, 1.807) is 0 Å². The summed E-state index contributed by atoms with van der Waals surface area (Å²) in [5, 5.41) is 3.38. The molecule has 0 amide bonds. The number of hydrogen-bond donors (Lipinski definition) is 1. The summed E-state index contributed by atoms with van der Waals surface area (Å²) in [7, 11) is 2.04. The number of piperidine rings is 1. The average Bonchev–Trinajstić information content (AvgIpc) is 2.53. The van der Waals surface area contributed by atoms with Crippen molar-refractivity contribution in [2.24, 2.45) is 0 Å². The molecule has 2 saturated heterocycles. The highest BCUT2D eigenvalue weighted by Gasteiger charge is 2.29. The Morgan fingerprint density at radius 2 is 2.00 bits per heavy atom. The van der Waals surface area contributed by atoms with Crippen molar-refractivity contribution in [1.82, 2.24) is 10.2 Å². The molecule has 2 aliphatic rings. The molecule has 110 valence electrons. The molecule has 0 saturated carbocycles. The molecule has 2 unspecified atom stereocenters. The topological polar surface area (TPSA) is 18.5 Å². The molecule has 1 aromatic carbocycles. The van der Waals surface area contributed by atoms with Gasteiger partial charge in [-0.2, -0.15) is 0 Å². The van der Waals surface area contributed by atoms with E-state index in [1.807, 2.05) is 7.05 Å². The van der Waals surface area contributed by atoms with E-state index in [2.05, 4.69) is 46.3 Å². The standard InChI is InChI=1S/C17H27N3/c1-14(18-2)16-8-3-4-9-17(16)20-12-11-19-10-6-5-7-15(19)13-20/h3-4,8-9,14-15,18H,5-7,10-13H2,1-2H3. The van der Waals surface area contributed by atoms with Gasteiger partial charge < -0.3 is 10.2 Å². The van der Waals surface area contributed by atoms with E-state index in [1.165, 1.54) is 56.7 Å².